The average Bonchev–Trinajstić information content (AvgIpc) is 3.08. The van der Waals surface area contributed by atoms with Crippen LogP contribution in [0, 0.1) is 11.3 Å². The van der Waals surface area contributed by atoms with Gasteiger partial charge >= 0.3 is 0 Å². The molecule has 2 aliphatic carbocycles. The fourth-order valence-corrected chi connectivity index (χ4v) is 4.37. The van der Waals surface area contributed by atoms with Crippen molar-refractivity contribution in [2.75, 3.05) is 6.54 Å². The van der Waals surface area contributed by atoms with E-state index in [1.807, 2.05) is 0 Å². The topological polar surface area (TPSA) is 46.3 Å². The summed E-state index contributed by atoms with van der Waals surface area (Å²) in [5.74, 6) is 2.69. The van der Waals surface area contributed by atoms with Gasteiger partial charge in [0.2, 0.25) is 5.91 Å². The first-order valence-electron chi connectivity index (χ1n) is 9.14. The van der Waals surface area contributed by atoms with Gasteiger partial charge in [0.05, 0.1) is 6.20 Å². The van der Waals surface area contributed by atoms with Crippen LogP contribution in [0.4, 0.5) is 0 Å². The fraction of sp³-hybridized carbons (Fsp3) is 0.789. The smallest absolute Gasteiger partial charge is 0.223 e. The van der Waals surface area contributed by atoms with E-state index in [9.17, 15) is 4.79 Å². The molecule has 4 heteroatoms. The molecule has 0 radical (unpaired) electrons. The second-order valence-electron chi connectivity index (χ2n) is 8.89. The molecule has 1 aromatic heterocycles. The van der Waals surface area contributed by atoms with Gasteiger partial charge in [0.1, 0.15) is 5.76 Å². The molecule has 2 heterocycles. The number of hydrogen-bond acceptors (Lipinski definition) is 3. The number of aromatic nitrogens is 1. The zero-order chi connectivity index (χ0) is 16.2. The molecule has 0 bridgehead atoms. The Labute approximate surface area is 138 Å². The van der Waals surface area contributed by atoms with E-state index in [4.69, 9.17) is 4.42 Å². The third kappa shape index (κ3) is 2.60. The Balaban J connectivity index is 1.34. The van der Waals surface area contributed by atoms with E-state index in [1.165, 1.54) is 32.1 Å². The van der Waals surface area contributed by atoms with Crippen LogP contribution < -0.4 is 0 Å². The minimum absolute atomic E-state index is 0.0274. The number of hydrogen-bond donors (Lipinski definition) is 0. The molecule has 3 aliphatic rings. The highest BCUT2D eigenvalue weighted by Crippen LogP contribution is 2.59. The molecule has 1 aliphatic heterocycles. The van der Waals surface area contributed by atoms with Crippen LogP contribution in [0.3, 0.4) is 0 Å². The van der Waals surface area contributed by atoms with Crippen molar-refractivity contribution in [2.45, 2.75) is 77.2 Å². The van der Waals surface area contributed by atoms with Gasteiger partial charge in [-0.15, -0.1) is 0 Å². The molecular formula is C19H28N2O2. The Hall–Kier alpha value is -1.32. The highest BCUT2D eigenvalue weighted by molar-refractivity contribution is 5.78. The summed E-state index contributed by atoms with van der Waals surface area (Å²) < 4.78 is 5.81. The summed E-state index contributed by atoms with van der Waals surface area (Å²) in [7, 11) is 0. The maximum absolute atomic E-state index is 12.6. The number of amides is 1. The number of carbonyl (C=O) groups is 1. The van der Waals surface area contributed by atoms with Crippen molar-refractivity contribution in [3.63, 3.8) is 0 Å². The van der Waals surface area contributed by atoms with Gasteiger partial charge in [-0.3, -0.25) is 4.79 Å². The van der Waals surface area contributed by atoms with Gasteiger partial charge in [-0.2, -0.15) is 0 Å². The van der Waals surface area contributed by atoms with Crippen molar-refractivity contribution in [1.82, 2.24) is 9.88 Å². The number of rotatable bonds is 4. The first-order chi connectivity index (χ1) is 10.9. The maximum Gasteiger partial charge on any atom is 0.223 e. The van der Waals surface area contributed by atoms with E-state index >= 15 is 0 Å². The van der Waals surface area contributed by atoms with Gasteiger partial charge in [0, 0.05) is 36.3 Å². The Morgan fingerprint density at radius 1 is 1.39 bits per heavy atom. The van der Waals surface area contributed by atoms with Gasteiger partial charge in [-0.1, -0.05) is 27.2 Å². The highest BCUT2D eigenvalue weighted by atomic mass is 16.4. The van der Waals surface area contributed by atoms with Crippen LogP contribution in [0.25, 0.3) is 0 Å². The van der Waals surface area contributed by atoms with Crippen LogP contribution in [0.2, 0.25) is 0 Å². The van der Waals surface area contributed by atoms with E-state index in [2.05, 4.69) is 30.7 Å². The summed E-state index contributed by atoms with van der Waals surface area (Å²) in [5.41, 5.74) is 0.486. The van der Waals surface area contributed by atoms with Gasteiger partial charge in [-0.25, -0.2) is 4.98 Å². The standard InChI is InChI=1S/C19H28N2O2/c1-18(2,3)14-11-20-15(23-14)7-8-16(22)21-12-19(9-4-10-19)17(21)13-5-6-13/h11,13,17H,4-10,12H2,1-3H3. The Morgan fingerprint density at radius 2 is 2.13 bits per heavy atom. The van der Waals surface area contributed by atoms with Crippen molar-refractivity contribution in [2.24, 2.45) is 11.3 Å². The Bertz CT molecular complexity index is 605. The van der Waals surface area contributed by atoms with Crippen molar-refractivity contribution in [1.29, 1.82) is 0 Å². The number of oxazole rings is 1. The molecule has 1 atom stereocenters. The summed E-state index contributed by atoms with van der Waals surface area (Å²) in [6.07, 6.45) is 9.64. The van der Waals surface area contributed by atoms with Gasteiger partial charge in [-0.05, 0) is 31.6 Å². The lowest BCUT2D eigenvalue weighted by Gasteiger charge is -2.63. The molecule has 1 saturated heterocycles. The first-order valence-corrected chi connectivity index (χ1v) is 9.14. The van der Waals surface area contributed by atoms with Crippen LogP contribution in [-0.4, -0.2) is 28.4 Å². The predicted molar refractivity (Wildman–Crippen MR) is 88.0 cm³/mol. The SMILES string of the molecule is CC(C)(C)c1cnc(CCC(=O)N2CC3(CCC3)C2C2CC2)o1. The van der Waals surface area contributed by atoms with E-state index in [0.717, 1.165) is 18.2 Å². The quantitative estimate of drug-likeness (QED) is 0.851. The third-order valence-corrected chi connectivity index (χ3v) is 6.03. The summed E-state index contributed by atoms with van der Waals surface area (Å²) in [4.78, 5) is 19.1. The lowest BCUT2D eigenvalue weighted by Crippen LogP contribution is -2.69. The van der Waals surface area contributed by atoms with Crippen LogP contribution in [0.5, 0.6) is 0 Å². The minimum Gasteiger partial charge on any atom is -0.445 e. The molecule has 4 nitrogen and oxygen atoms in total. The summed E-state index contributed by atoms with van der Waals surface area (Å²) in [6.45, 7) is 7.34. The van der Waals surface area contributed by atoms with Crippen molar-refractivity contribution in [3.05, 3.63) is 17.8 Å². The van der Waals surface area contributed by atoms with Crippen LogP contribution in [0.1, 0.15) is 70.9 Å². The van der Waals surface area contributed by atoms with Crippen molar-refractivity contribution < 1.29 is 9.21 Å². The predicted octanol–water partition coefficient (Wildman–Crippen LogP) is 3.70. The van der Waals surface area contributed by atoms with Crippen molar-refractivity contribution in [3.8, 4) is 0 Å². The number of likely N-dealkylation sites (tertiary alicyclic amines) is 1. The molecule has 1 unspecified atom stereocenters. The zero-order valence-corrected chi connectivity index (χ0v) is 14.6. The molecule has 4 rings (SSSR count). The van der Waals surface area contributed by atoms with Gasteiger partial charge in [0.25, 0.3) is 0 Å². The second-order valence-corrected chi connectivity index (χ2v) is 8.89. The van der Waals surface area contributed by atoms with E-state index in [0.29, 0.717) is 36.1 Å². The number of aryl methyl sites for hydroxylation is 1. The van der Waals surface area contributed by atoms with Gasteiger partial charge in [0.15, 0.2) is 5.89 Å². The zero-order valence-electron chi connectivity index (χ0n) is 14.6. The molecule has 1 spiro atoms. The largest absolute Gasteiger partial charge is 0.445 e. The van der Waals surface area contributed by atoms with Crippen molar-refractivity contribution >= 4 is 5.91 Å². The third-order valence-electron chi connectivity index (χ3n) is 6.03. The monoisotopic (exact) mass is 316 g/mol. The first kappa shape index (κ1) is 15.2. The second kappa shape index (κ2) is 5.09. The molecule has 1 aromatic rings. The lowest BCUT2D eigenvalue weighted by molar-refractivity contribution is -0.171. The molecule has 126 valence electrons. The van der Waals surface area contributed by atoms with Crippen LogP contribution in [0.15, 0.2) is 10.6 Å². The summed E-state index contributed by atoms with van der Waals surface area (Å²) in [6, 6.07) is 0.554. The van der Waals surface area contributed by atoms with E-state index in [-0.39, 0.29) is 5.41 Å². The average molecular weight is 316 g/mol. The molecule has 1 amide bonds. The molecule has 3 fully saturated rings. The molecule has 2 saturated carbocycles. The highest BCUT2D eigenvalue weighted by Gasteiger charge is 2.61. The van der Waals surface area contributed by atoms with E-state index in [1.54, 1.807) is 6.20 Å². The summed E-state index contributed by atoms with van der Waals surface area (Å²) >= 11 is 0. The Morgan fingerprint density at radius 3 is 2.65 bits per heavy atom. The van der Waals surface area contributed by atoms with E-state index < -0.39 is 0 Å². The van der Waals surface area contributed by atoms with Gasteiger partial charge < -0.3 is 9.32 Å². The lowest BCUT2D eigenvalue weighted by atomic mass is 9.56. The molecule has 23 heavy (non-hydrogen) atoms. The van der Waals surface area contributed by atoms with Crippen LogP contribution >= 0.6 is 0 Å². The Kier molecular flexibility index (Phi) is 3.37. The summed E-state index contributed by atoms with van der Waals surface area (Å²) in [5, 5.41) is 0. The molecular weight excluding hydrogens is 288 g/mol. The minimum atomic E-state index is -0.0274. The maximum atomic E-state index is 12.6. The normalized spacial score (nSPS) is 26.0. The number of carbonyl (C=O) groups excluding carboxylic acids is 1. The number of nitrogens with zero attached hydrogens (tertiary/aromatic N) is 2. The fourth-order valence-electron chi connectivity index (χ4n) is 4.37. The molecule has 0 N–H and O–H groups in total. The van der Waals surface area contributed by atoms with Crippen LogP contribution in [-0.2, 0) is 16.6 Å². The molecule has 0 aromatic carbocycles.